The number of aromatic nitrogens is 12. The minimum atomic E-state index is -4.94. The van der Waals surface area contributed by atoms with Gasteiger partial charge in [-0.15, -0.1) is 20.5 Å². The first-order valence-electron chi connectivity index (χ1n) is 13.9. The molecule has 0 N–H and O–H groups in total. The average Bonchev–Trinajstić information content (AvgIpc) is 3.86. The van der Waals surface area contributed by atoms with Gasteiger partial charge in [0.2, 0.25) is 0 Å². The Balaban J connectivity index is 0.000000224. The number of nitrogens with zero attached hydrogens (tertiary/aromatic N) is 13. The van der Waals surface area contributed by atoms with E-state index in [0.717, 1.165) is 74.2 Å². The van der Waals surface area contributed by atoms with Crippen LogP contribution in [0.25, 0.3) is 34.9 Å². The predicted octanol–water partition coefficient (Wildman–Crippen LogP) is -6.71. The van der Waals surface area contributed by atoms with Gasteiger partial charge in [0.15, 0.2) is 34.9 Å². The Morgan fingerprint density at radius 2 is 0.549 bits per heavy atom. The molecule has 0 saturated heterocycles. The molecule has 280 valence electrons. The van der Waals surface area contributed by atoms with Crippen molar-refractivity contribution in [3.63, 3.8) is 0 Å². The fourth-order valence-corrected chi connectivity index (χ4v) is 4.82. The number of nitriles is 1. The van der Waals surface area contributed by atoms with Crippen LogP contribution in [0.4, 0.5) is 0 Å². The van der Waals surface area contributed by atoms with E-state index in [4.69, 9.17) is 42.5 Å². The van der Waals surface area contributed by atoms with Gasteiger partial charge in [-0.2, -0.15) is 5.26 Å². The Kier molecular flexibility index (Phi) is 16.6. The second kappa shape index (κ2) is 19.6. The van der Waals surface area contributed by atoms with Gasteiger partial charge in [-0.1, -0.05) is 0 Å². The summed E-state index contributed by atoms with van der Waals surface area (Å²) in [5.41, 5.74) is 0. The molecule has 0 bridgehead atoms. The fraction of sp³-hybridized carbons (Fsp3) is 0.269. The zero-order valence-electron chi connectivity index (χ0n) is 26.1. The molecule has 3 aliphatic rings. The van der Waals surface area contributed by atoms with Crippen molar-refractivity contribution in [3.8, 4) is 41.0 Å². The van der Waals surface area contributed by atoms with E-state index in [2.05, 4.69) is 57.3 Å². The molecule has 0 atom stereocenters. The maximum atomic E-state index is 8.49. The maximum absolute atomic E-state index is 8.49. The summed E-state index contributed by atoms with van der Waals surface area (Å²) in [6.07, 6.45) is 22.9. The Labute approximate surface area is 314 Å². The van der Waals surface area contributed by atoms with Gasteiger partial charge in [-0.25, -0.2) is 67.2 Å². The number of rotatable bonds is 0. The monoisotopic (exact) mass is 845 g/mol. The minimum absolute atomic E-state index is 0. The molecule has 51 heavy (non-hydrogen) atoms. The fourth-order valence-electron chi connectivity index (χ4n) is 4.82. The molecule has 0 aliphatic carbocycles. The number of halogens is 2. The zero-order chi connectivity index (χ0) is 35.6. The van der Waals surface area contributed by atoms with Gasteiger partial charge in [-0.05, 0) is 0 Å². The van der Waals surface area contributed by atoms with Crippen molar-refractivity contribution < 1.29 is 91.9 Å². The third kappa shape index (κ3) is 13.0. The molecule has 3 aliphatic heterocycles. The number of hydrogen-bond donors (Lipinski definition) is 0. The Morgan fingerprint density at radius 1 is 0.431 bits per heavy atom. The first-order chi connectivity index (χ1) is 23.3. The number of imidazole rings is 6. The quantitative estimate of drug-likeness (QED) is 0.128. The SMILES string of the molecule is CC#N.[Cu+].[Cu+].[O-][Cl+3]([O-])([O-])[O-].[O-][Cl+3]([O-])([O-])[O-].c1cn2c(n1)-c1nccn1CC2.c1cn2c(n1)-c1nccn1CC2.c1cn2c(n1)-c1nccn1CC2. The topological polar surface area (TPSA) is 315 Å². The van der Waals surface area contributed by atoms with E-state index < -0.39 is 20.5 Å². The molecular formula is C26H27Cl2Cu2N13O8. The van der Waals surface area contributed by atoms with E-state index in [9.17, 15) is 0 Å². The molecular weight excluding hydrogens is 820 g/mol. The number of aryl methyl sites for hydroxylation is 6. The molecule has 6 aromatic rings. The van der Waals surface area contributed by atoms with E-state index in [-0.39, 0.29) is 34.1 Å². The first-order valence-corrected chi connectivity index (χ1v) is 16.4. The van der Waals surface area contributed by atoms with E-state index in [1.807, 2.05) is 74.4 Å². The van der Waals surface area contributed by atoms with Crippen LogP contribution in [0.2, 0.25) is 0 Å². The molecule has 25 heteroatoms. The third-order valence-corrected chi connectivity index (χ3v) is 6.64. The minimum Gasteiger partial charge on any atom is -0.327 e. The summed E-state index contributed by atoms with van der Waals surface area (Å²) in [7, 11) is -9.89. The van der Waals surface area contributed by atoms with Gasteiger partial charge < -0.3 is 27.4 Å². The van der Waals surface area contributed by atoms with Gasteiger partial charge >= 0.3 is 34.1 Å². The van der Waals surface area contributed by atoms with Gasteiger partial charge in [-0.3, -0.25) is 0 Å². The summed E-state index contributed by atoms with van der Waals surface area (Å²) in [6.45, 7) is 7.42. The summed E-state index contributed by atoms with van der Waals surface area (Å²) in [6, 6.07) is 1.75. The molecule has 0 radical (unpaired) electrons. The molecule has 21 nitrogen and oxygen atoms in total. The molecule has 9 rings (SSSR count). The maximum Gasteiger partial charge on any atom is 1.00 e. The van der Waals surface area contributed by atoms with Crippen molar-refractivity contribution in [2.24, 2.45) is 0 Å². The summed E-state index contributed by atoms with van der Waals surface area (Å²) < 4.78 is 80.7. The van der Waals surface area contributed by atoms with Crippen molar-refractivity contribution in [1.29, 1.82) is 5.26 Å². The second-order valence-corrected chi connectivity index (χ2v) is 11.2. The van der Waals surface area contributed by atoms with Gasteiger partial charge in [0.05, 0.1) is 6.07 Å². The Hall–Kier alpha value is -3.95. The molecule has 0 unspecified atom stereocenters. The van der Waals surface area contributed by atoms with Crippen molar-refractivity contribution in [2.75, 3.05) is 0 Å². The first kappa shape index (κ1) is 43.2. The smallest absolute Gasteiger partial charge is 0.327 e. The van der Waals surface area contributed by atoms with Gasteiger partial charge in [0, 0.05) is 121 Å². The number of fused-ring (bicyclic) bond motifs is 9. The van der Waals surface area contributed by atoms with Gasteiger partial charge in [0.25, 0.3) is 0 Å². The van der Waals surface area contributed by atoms with Crippen molar-refractivity contribution >= 4 is 0 Å². The Bertz CT molecular complexity index is 1620. The van der Waals surface area contributed by atoms with Crippen LogP contribution in [-0.2, 0) is 73.4 Å². The molecule has 0 saturated carbocycles. The number of hydrogen-bond acceptors (Lipinski definition) is 15. The van der Waals surface area contributed by atoms with Gasteiger partial charge in [0.1, 0.15) is 0 Å². The second-order valence-electron chi connectivity index (χ2n) is 9.64. The van der Waals surface area contributed by atoms with Crippen molar-refractivity contribution in [3.05, 3.63) is 74.4 Å². The molecule has 0 amide bonds. The predicted molar refractivity (Wildman–Crippen MR) is 142 cm³/mol. The van der Waals surface area contributed by atoms with E-state index in [0.29, 0.717) is 0 Å². The van der Waals surface area contributed by atoms with Crippen LogP contribution in [0.1, 0.15) is 6.92 Å². The molecule has 6 aromatic heterocycles. The van der Waals surface area contributed by atoms with E-state index in [1.165, 1.54) is 6.92 Å². The summed E-state index contributed by atoms with van der Waals surface area (Å²) in [4.78, 5) is 25.5. The molecule has 9 heterocycles. The average molecular weight is 848 g/mol. The van der Waals surface area contributed by atoms with Crippen LogP contribution in [0.15, 0.2) is 74.4 Å². The standard InChI is InChI=1S/3C8H8N4.C2H3N.2ClHO4.2Cu/c3*1-3-11-5-6-12-4-2-10-8(12)7(11)9-1;1-2-3;2*2-1(3,4)5;;/h3*1-4H,5-6H2;1H3;2*(H,2,3,4,5);;/q;;;;;;2*+1/p-2. The molecule has 0 aromatic carbocycles. The molecule has 0 fully saturated rings. The van der Waals surface area contributed by atoms with Crippen molar-refractivity contribution in [2.45, 2.75) is 46.2 Å². The van der Waals surface area contributed by atoms with Crippen LogP contribution in [0, 0.1) is 31.8 Å². The van der Waals surface area contributed by atoms with Crippen LogP contribution in [0.3, 0.4) is 0 Å². The molecule has 0 spiro atoms. The van der Waals surface area contributed by atoms with E-state index >= 15 is 0 Å². The third-order valence-electron chi connectivity index (χ3n) is 6.64. The summed E-state index contributed by atoms with van der Waals surface area (Å²) in [5, 5.41) is 7.32. The Morgan fingerprint density at radius 3 is 0.667 bits per heavy atom. The van der Waals surface area contributed by atoms with Crippen LogP contribution in [-0.4, -0.2) is 57.3 Å². The zero-order valence-corrected chi connectivity index (χ0v) is 29.5. The van der Waals surface area contributed by atoms with Crippen LogP contribution >= 0.6 is 0 Å². The largest absolute Gasteiger partial charge is 1.00 e. The van der Waals surface area contributed by atoms with Crippen LogP contribution < -0.4 is 37.3 Å². The summed E-state index contributed by atoms with van der Waals surface area (Å²) in [5.74, 6) is 5.87. The van der Waals surface area contributed by atoms with E-state index in [1.54, 1.807) is 6.07 Å². The normalized spacial score (nSPS) is 12.4. The van der Waals surface area contributed by atoms with Crippen LogP contribution in [0.5, 0.6) is 0 Å². The summed E-state index contributed by atoms with van der Waals surface area (Å²) >= 11 is 0. The van der Waals surface area contributed by atoms with Crippen molar-refractivity contribution in [1.82, 2.24) is 57.3 Å².